The first kappa shape index (κ1) is 23.2. The van der Waals surface area contributed by atoms with Gasteiger partial charge in [0, 0.05) is 57.1 Å². The minimum Gasteiger partial charge on any atom is -0.493 e. The maximum Gasteiger partial charge on any atom is 0.163 e. The molecule has 2 heterocycles. The van der Waals surface area contributed by atoms with Crippen LogP contribution in [0.1, 0.15) is 24.4 Å². The lowest BCUT2D eigenvalue weighted by Crippen LogP contribution is -2.47. The summed E-state index contributed by atoms with van der Waals surface area (Å²) in [6.07, 6.45) is 1.92. The maximum atomic E-state index is 14.9. The zero-order valence-electron chi connectivity index (χ0n) is 15.3. The number of methoxy groups -OCH3 is 2. The number of hydrogen-bond donors (Lipinski definition) is 1. The summed E-state index contributed by atoms with van der Waals surface area (Å²) >= 11 is 0. The quantitative estimate of drug-likeness (QED) is 0.807. The summed E-state index contributed by atoms with van der Waals surface area (Å²) in [5.74, 6) is 1.19. The summed E-state index contributed by atoms with van der Waals surface area (Å²) in [5.41, 5.74) is 0.710. The molecule has 2 aliphatic heterocycles. The van der Waals surface area contributed by atoms with Crippen molar-refractivity contribution in [2.45, 2.75) is 18.9 Å². The fraction of sp³-hybridized carbons (Fsp3) is 0.667. The Morgan fingerprint density at radius 1 is 1.08 bits per heavy atom. The van der Waals surface area contributed by atoms with Gasteiger partial charge in [-0.15, -0.1) is 24.8 Å². The maximum absolute atomic E-state index is 14.9. The molecule has 2 saturated heterocycles. The number of benzene rings is 1. The fourth-order valence-electron chi connectivity index (χ4n) is 3.84. The molecule has 1 N–H and O–H groups in total. The second kappa shape index (κ2) is 11.1. The Balaban J connectivity index is 0.00000169. The molecule has 0 bridgehead atoms. The van der Waals surface area contributed by atoms with Crippen molar-refractivity contribution in [2.75, 3.05) is 53.6 Å². The highest BCUT2D eigenvalue weighted by Gasteiger charge is 2.33. The van der Waals surface area contributed by atoms with Gasteiger partial charge in [-0.3, -0.25) is 4.90 Å². The molecule has 0 saturated carbocycles. The number of ether oxygens (including phenoxy) is 3. The van der Waals surface area contributed by atoms with E-state index in [2.05, 4.69) is 10.2 Å². The average Bonchev–Trinajstić information content (AvgIpc) is 2.64. The molecule has 0 amide bonds. The van der Waals surface area contributed by atoms with Crippen molar-refractivity contribution < 1.29 is 18.6 Å². The third-order valence-corrected chi connectivity index (χ3v) is 5.08. The molecule has 150 valence electrons. The van der Waals surface area contributed by atoms with Crippen LogP contribution < -0.4 is 14.8 Å². The Morgan fingerprint density at radius 2 is 1.65 bits per heavy atom. The highest BCUT2D eigenvalue weighted by atomic mass is 35.5. The highest BCUT2D eigenvalue weighted by Crippen LogP contribution is 2.40. The second-order valence-corrected chi connectivity index (χ2v) is 6.41. The molecule has 0 aliphatic carbocycles. The number of nitrogens with one attached hydrogen (secondary N) is 1. The zero-order chi connectivity index (χ0) is 16.9. The summed E-state index contributed by atoms with van der Waals surface area (Å²) in [7, 11) is 3.12. The average molecular weight is 411 g/mol. The molecule has 0 spiro atoms. The van der Waals surface area contributed by atoms with Crippen LogP contribution in [0.25, 0.3) is 0 Å². The van der Waals surface area contributed by atoms with Crippen molar-refractivity contribution in [2.24, 2.45) is 5.92 Å². The summed E-state index contributed by atoms with van der Waals surface area (Å²) in [6.45, 7) is 5.24. The number of halogens is 3. The number of hydrogen-bond acceptors (Lipinski definition) is 5. The van der Waals surface area contributed by atoms with Crippen LogP contribution in [0, 0.1) is 11.7 Å². The largest absolute Gasteiger partial charge is 0.493 e. The van der Waals surface area contributed by atoms with E-state index in [1.54, 1.807) is 7.11 Å². The van der Waals surface area contributed by atoms with Crippen LogP contribution in [0.15, 0.2) is 12.1 Å². The van der Waals surface area contributed by atoms with Gasteiger partial charge in [-0.05, 0) is 24.8 Å². The van der Waals surface area contributed by atoms with Crippen molar-refractivity contribution in [1.29, 1.82) is 0 Å². The van der Waals surface area contributed by atoms with Crippen LogP contribution >= 0.6 is 24.8 Å². The third-order valence-electron chi connectivity index (χ3n) is 5.08. The Bertz CT molecular complexity index is 535. The second-order valence-electron chi connectivity index (χ2n) is 6.41. The Morgan fingerprint density at radius 3 is 2.23 bits per heavy atom. The molecule has 2 aliphatic rings. The first-order valence-electron chi connectivity index (χ1n) is 8.68. The molecular formula is C18H29Cl2FN2O3. The molecule has 8 heteroatoms. The third kappa shape index (κ3) is 5.14. The van der Waals surface area contributed by atoms with Crippen LogP contribution in [0.2, 0.25) is 0 Å². The topological polar surface area (TPSA) is 43.0 Å². The van der Waals surface area contributed by atoms with Gasteiger partial charge in [0.2, 0.25) is 0 Å². The Kier molecular flexibility index (Phi) is 9.97. The van der Waals surface area contributed by atoms with Gasteiger partial charge in [-0.2, -0.15) is 0 Å². The molecule has 0 unspecified atom stereocenters. The van der Waals surface area contributed by atoms with Gasteiger partial charge in [0.1, 0.15) is 5.82 Å². The van der Waals surface area contributed by atoms with E-state index >= 15 is 0 Å². The van der Waals surface area contributed by atoms with E-state index < -0.39 is 0 Å². The van der Waals surface area contributed by atoms with Gasteiger partial charge >= 0.3 is 0 Å². The smallest absolute Gasteiger partial charge is 0.163 e. The molecule has 1 aromatic rings. The van der Waals surface area contributed by atoms with Gasteiger partial charge in [0.05, 0.1) is 14.2 Å². The monoisotopic (exact) mass is 410 g/mol. The van der Waals surface area contributed by atoms with Crippen LogP contribution in [0.3, 0.4) is 0 Å². The number of piperazine rings is 1. The molecule has 1 aromatic carbocycles. The molecular weight excluding hydrogens is 382 g/mol. The van der Waals surface area contributed by atoms with Crippen molar-refractivity contribution in [3.63, 3.8) is 0 Å². The van der Waals surface area contributed by atoms with E-state index in [1.165, 1.54) is 13.2 Å². The number of rotatable bonds is 5. The Hall–Kier alpha value is -0.790. The number of nitrogens with zero attached hydrogens (tertiary/aromatic N) is 1. The van der Waals surface area contributed by atoms with Gasteiger partial charge < -0.3 is 19.5 Å². The van der Waals surface area contributed by atoms with Crippen molar-refractivity contribution in [3.8, 4) is 11.5 Å². The van der Waals surface area contributed by atoms with Gasteiger partial charge in [-0.1, -0.05) is 0 Å². The van der Waals surface area contributed by atoms with Crippen molar-refractivity contribution in [3.05, 3.63) is 23.5 Å². The normalized spacial score (nSPS) is 19.8. The summed E-state index contributed by atoms with van der Waals surface area (Å²) in [6, 6.07) is 3.31. The summed E-state index contributed by atoms with van der Waals surface area (Å²) in [4.78, 5) is 2.40. The molecule has 2 fully saturated rings. The van der Waals surface area contributed by atoms with Crippen molar-refractivity contribution in [1.82, 2.24) is 10.2 Å². The molecule has 0 aromatic heterocycles. The zero-order valence-corrected chi connectivity index (χ0v) is 17.0. The van der Waals surface area contributed by atoms with E-state index in [0.717, 1.165) is 52.2 Å². The standard InChI is InChI=1S/C18H27FN2O3.2ClH/c1-22-16-11-14(15(19)12-17(16)23-2)18(13-3-9-24-10-4-13)21-7-5-20-6-8-21;;/h11-13,18,20H,3-10H2,1-2H3;2*1H/t18-;;/m1../s1. The lowest BCUT2D eigenvalue weighted by Gasteiger charge is -2.41. The van der Waals surface area contributed by atoms with E-state index in [1.807, 2.05) is 6.07 Å². The first-order valence-corrected chi connectivity index (χ1v) is 8.68. The first-order chi connectivity index (χ1) is 11.7. The summed E-state index contributed by atoms with van der Waals surface area (Å²) < 4.78 is 31.1. The van der Waals surface area contributed by atoms with Crippen molar-refractivity contribution >= 4 is 24.8 Å². The lowest BCUT2D eigenvalue weighted by molar-refractivity contribution is 0.0202. The molecule has 1 atom stereocenters. The predicted molar refractivity (Wildman–Crippen MR) is 105 cm³/mol. The van der Waals surface area contributed by atoms with E-state index in [4.69, 9.17) is 14.2 Å². The van der Waals surface area contributed by atoms with Crippen LogP contribution in [-0.4, -0.2) is 58.5 Å². The van der Waals surface area contributed by atoms with Crippen LogP contribution in [-0.2, 0) is 4.74 Å². The SMILES string of the molecule is COc1cc(F)c([C@@H](C2CCOCC2)N2CCNCC2)cc1OC.Cl.Cl. The van der Waals surface area contributed by atoms with Crippen LogP contribution in [0.5, 0.6) is 11.5 Å². The minimum absolute atomic E-state index is 0. The molecule has 3 rings (SSSR count). The predicted octanol–water partition coefficient (Wildman–Crippen LogP) is 3.06. The Labute approximate surface area is 167 Å². The van der Waals surface area contributed by atoms with Crippen LogP contribution in [0.4, 0.5) is 4.39 Å². The lowest BCUT2D eigenvalue weighted by atomic mass is 9.85. The van der Waals surface area contributed by atoms with Gasteiger partial charge in [0.25, 0.3) is 0 Å². The van der Waals surface area contributed by atoms with Gasteiger partial charge in [-0.25, -0.2) is 4.39 Å². The molecule has 0 radical (unpaired) electrons. The van der Waals surface area contributed by atoms with Gasteiger partial charge in [0.15, 0.2) is 11.5 Å². The fourth-order valence-corrected chi connectivity index (χ4v) is 3.84. The van der Waals surface area contributed by atoms with E-state index in [0.29, 0.717) is 23.0 Å². The summed E-state index contributed by atoms with van der Waals surface area (Å²) in [5, 5.41) is 3.37. The van der Waals surface area contributed by atoms with E-state index in [9.17, 15) is 4.39 Å². The minimum atomic E-state index is -0.220. The van der Waals surface area contributed by atoms with E-state index in [-0.39, 0.29) is 36.7 Å². The highest BCUT2D eigenvalue weighted by molar-refractivity contribution is 5.85. The molecule has 5 nitrogen and oxygen atoms in total. The molecule has 26 heavy (non-hydrogen) atoms.